The average Bonchev–Trinajstić information content (AvgIpc) is 3.25. The van der Waals surface area contributed by atoms with Crippen molar-refractivity contribution in [2.24, 2.45) is 0 Å². The molecule has 0 unspecified atom stereocenters. The molecule has 4 nitrogen and oxygen atoms in total. The van der Waals surface area contributed by atoms with Crippen LogP contribution in [0.5, 0.6) is 0 Å². The Morgan fingerprint density at radius 3 is 2.19 bits per heavy atom. The molecule has 0 aliphatic carbocycles. The van der Waals surface area contributed by atoms with E-state index < -0.39 is 6.10 Å². The molecule has 1 atom stereocenters. The molecule has 3 aromatic carbocycles. The highest BCUT2D eigenvalue weighted by Gasteiger charge is 2.30. The summed E-state index contributed by atoms with van der Waals surface area (Å²) in [5.74, 6) is -0.525. The lowest BCUT2D eigenvalue weighted by molar-refractivity contribution is 0.102. The largest absolute Gasteiger partial charge is 0.393 e. The number of hydrogen-bond acceptors (Lipinski definition) is 2. The molecule has 2 N–H and O–H groups in total. The Morgan fingerprint density at radius 1 is 0.973 bits per heavy atom. The summed E-state index contributed by atoms with van der Waals surface area (Å²) in [6, 6.07) is 25.6. The second-order valence-electron chi connectivity index (χ2n) is 9.45. The molecule has 1 heterocycles. The third kappa shape index (κ3) is 5.89. The monoisotopic (exact) mass is 496 g/mol. The Balaban J connectivity index is 2.00. The van der Waals surface area contributed by atoms with Crippen LogP contribution < -0.4 is 5.32 Å². The molecule has 0 aliphatic rings. The van der Waals surface area contributed by atoms with Crippen LogP contribution in [0.3, 0.4) is 0 Å². The van der Waals surface area contributed by atoms with Gasteiger partial charge in [-0.25, -0.2) is 4.39 Å². The highest BCUT2D eigenvalue weighted by molar-refractivity contribution is 6.12. The summed E-state index contributed by atoms with van der Waals surface area (Å²) in [6.07, 6.45) is 2.13. The van der Waals surface area contributed by atoms with E-state index in [1.165, 1.54) is 12.1 Å². The van der Waals surface area contributed by atoms with Crippen LogP contribution >= 0.6 is 0 Å². The number of aliphatic hydroxyl groups excluding tert-OH is 1. The average molecular weight is 497 g/mol. The number of amides is 1. The number of aromatic nitrogens is 1. The van der Waals surface area contributed by atoms with Crippen LogP contribution in [-0.4, -0.2) is 21.7 Å². The Morgan fingerprint density at radius 2 is 1.59 bits per heavy atom. The normalized spacial score (nSPS) is 11.9. The molecular weight excluding hydrogens is 463 g/mol. The van der Waals surface area contributed by atoms with E-state index in [9.17, 15) is 14.3 Å². The molecular formula is C32H33FN2O2. The molecule has 190 valence electrons. The minimum Gasteiger partial charge on any atom is -0.393 e. The quantitative estimate of drug-likeness (QED) is 0.221. The molecule has 37 heavy (non-hydrogen) atoms. The minimum atomic E-state index is -0.553. The number of anilines is 1. The molecule has 0 fully saturated rings. The SMILES string of the molecule is C=CC[C@@H](O)CCn1c(-c2ccc(F)cc2)c(-c2ccccc2)c(C(=O)Nc2ccccc2)c1C(C)C. The van der Waals surface area contributed by atoms with E-state index in [4.69, 9.17) is 0 Å². The van der Waals surface area contributed by atoms with Gasteiger partial charge in [-0.05, 0) is 66.3 Å². The van der Waals surface area contributed by atoms with Crippen LogP contribution in [0.1, 0.15) is 48.7 Å². The van der Waals surface area contributed by atoms with Gasteiger partial charge in [-0.2, -0.15) is 0 Å². The molecule has 5 heteroatoms. The van der Waals surface area contributed by atoms with Gasteiger partial charge in [0.25, 0.3) is 5.91 Å². The molecule has 0 saturated heterocycles. The van der Waals surface area contributed by atoms with Crippen molar-refractivity contribution in [3.8, 4) is 22.4 Å². The second-order valence-corrected chi connectivity index (χ2v) is 9.45. The predicted molar refractivity (Wildman–Crippen MR) is 149 cm³/mol. The first-order valence-corrected chi connectivity index (χ1v) is 12.6. The van der Waals surface area contributed by atoms with Crippen LogP contribution in [0, 0.1) is 5.82 Å². The first kappa shape index (κ1) is 26.1. The van der Waals surface area contributed by atoms with Gasteiger partial charge in [-0.15, -0.1) is 6.58 Å². The van der Waals surface area contributed by atoms with Gasteiger partial charge < -0.3 is 15.0 Å². The number of para-hydroxylation sites is 1. The Labute approximate surface area is 218 Å². The zero-order valence-electron chi connectivity index (χ0n) is 21.3. The third-order valence-corrected chi connectivity index (χ3v) is 6.41. The number of rotatable bonds is 10. The Hall–Kier alpha value is -3.96. The summed E-state index contributed by atoms with van der Waals surface area (Å²) >= 11 is 0. The van der Waals surface area contributed by atoms with Crippen molar-refractivity contribution in [3.63, 3.8) is 0 Å². The maximum atomic E-state index is 14.0. The lowest BCUT2D eigenvalue weighted by atomic mass is 9.94. The van der Waals surface area contributed by atoms with E-state index in [-0.39, 0.29) is 17.6 Å². The van der Waals surface area contributed by atoms with E-state index in [1.54, 1.807) is 18.2 Å². The van der Waals surface area contributed by atoms with Gasteiger partial charge in [0.1, 0.15) is 5.82 Å². The van der Waals surface area contributed by atoms with Crippen molar-refractivity contribution in [2.45, 2.75) is 45.3 Å². The molecule has 1 amide bonds. The van der Waals surface area contributed by atoms with Gasteiger partial charge in [0.05, 0.1) is 17.4 Å². The maximum Gasteiger partial charge on any atom is 0.258 e. The fourth-order valence-electron chi connectivity index (χ4n) is 4.80. The van der Waals surface area contributed by atoms with E-state index in [2.05, 4.69) is 30.3 Å². The van der Waals surface area contributed by atoms with Gasteiger partial charge in [0, 0.05) is 23.5 Å². The highest BCUT2D eigenvalue weighted by atomic mass is 19.1. The van der Waals surface area contributed by atoms with Crippen LogP contribution in [0.15, 0.2) is 97.6 Å². The number of nitrogens with zero attached hydrogens (tertiary/aromatic N) is 1. The lowest BCUT2D eigenvalue weighted by Gasteiger charge is -2.19. The molecule has 0 radical (unpaired) electrons. The van der Waals surface area contributed by atoms with Crippen molar-refractivity contribution in [3.05, 3.63) is 115 Å². The molecule has 1 aromatic heterocycles. The highest BCUT2D eigenvalue weighted by Crippen LogP contribution is 2.42. The molecule has 0 spiro atoms. The van der Waals surface area contributed by atoms with E-state index in [0.29, 0.717) is 30.6 Å². The van der Waals surface area contributed by atoms with E-state index >= 15 is 0 Å². The molecule has 0 aliphatic heterocycles. The third-order valence-electron chi connectivity index (χ3n) is 6.41. The summed E-state index contributed by atoms with van der Waals surface area (Å²) in [7, 11) is 0. The van der Waals surface area contributed by atoms with Gasteiger partial charge in [-0.3, -0.25) is 4.79 Å². The lowest BCUT2D eigenvalue weighted by Crippen LogP contribution is -2.17. The van der Waals surface area contributed by atoms with Crippen molar-refractivity contribution in [2.75, 3.05) is 5.32 Å². The number of hydrogen-bond donors (Lipinski definition) is 2. The fraction of sp³-hybridized carbons (Fsp3) is 0.219. The van der Waals surface area contributed by atoms with E-state index in [1.807, 2.05) is 60.7 Å². The maximum absolute atomic E-state index is 14.0. The van der Waals surface area contributed by atoms with Gasteiger partial charge >= 0.3 is 0 Å². The number of carbonyl (C=O) groups is 1. The van der Waals surface area contributed by atoms with Crippen molar-refractivity contribution in [1.82, 2.24) is 4.57 Å². The Kier molecular flexibility index (Phi) is 8.36. The number of benzene rings is 3. The summed E-state index contributed by atoms with van der Waals surface area (Å²) < 4.78 is 16.1. The number of nitrogens with one attached hydrogen (secondary N) is 1. The smallest absolute Gasteiger partial charge is 0.258 e. The Bertz CT molecular complexity index is 1340. The molecule has 0 saturated carbocycles. The molecule has 4 rings (SSSR count). The first-order chi connectivity index (χ1) is 17.9. The molecule has 0 bridgehead atoms. The van der Waals surface area contributed by atoms with Crippen LogP contribution in [0.2, 0.25) is 0 Å². The summed E-state index contributed by atoms with van der Waals surface area (Å²) in [5, 5.41) is 13.6. The summed E-state index contributed by atoms with van der Waals surface area (Å²) in [4.78, 5) is 14.0. The van der Waals surface area contributed by atoms with E-state index in [0.717, 1.165) is 28.1 Å². The van der Waals surface area contributed by atoms with Gasteiger partial charge in [0.2, 0.25) is 0 Å². The molecule has 4 aromatic rings. The van der Waals surface area contributed by atoms with Crippen LogP contribution in [0.4, 0.5) is 10.1 Å². The standard InChI is InChI=1S/C32H33FN2O2/c1-4-11-27(36)20-21-35-30(22(2)3)29(32(37)34-26-14-9-6-10-15-26)28(23-12-7-5-8-13-23)31(35)24-16-18-25(33)19-17-24/h4-10,12-19,22,27,36H,1,11,20-21H2,2-3H3,(H,34,37)/t27-/m1/s1. The zero-order chi connectivity index (χ0) is 26.4. The van der Waals surface area contributed by atoms with Crippen LogP contribution in [-0.2, 0) is 6.54 Å². The zero-order valence-corrected chi connectivity index (χ0v) is 21.3. The van der Waals surface area contributed by atoms with Gasteiger partial charge in [0.15, 0.2) is 0 Å². The predicted octanol–water partition coefficient (Wildman–Crippen LogP) is 7.66. The van der Waals surface area contributed by atoms with Crippen LogP contribution in [0.25, 0.3) is 22.4 Å². The number of aliphatic hydroxyl groups is 1. The van der Waals surface area contributed by atoms with Crippen molar-refractivity contribution in [1.29, 1.82) is 0 Å². The van der Waals surface area contributed by atoms with Crippen molar-refractivity contribution >= 4 is 11.6 Å². The topological polar surface area (TPSA) is 54.3 Å². The number of carbonyl (C=O) groups excluding carboxylic acids is 1. The van der Waals surface area contributed by atoms with Crippen molar-refractivity contribution < 1.29 is 14.3 Å². The minimum absolute atomic E-state index is 0.00438. The summed E-state index contributed by atoms with van der Waals surface area (Å²) in [5.41, 5.74) is 5.49. The second kappa shape index (κ2) is 11.8. The fourth-order valence-corrected chi connectivity index (χ4v) is 4.80. The number of halogens is 1. The summed E-state index contributed by atoms with van der Waals surface area (Å²) in [6.45, 7) is 8.36. The first-order valence-electron chi connectivity index (χ1n) is 12.6. The van der Waals surface area contributed by atoms with Gasteiger partial charge in [-0.1, -0.05) is 68.5 Å².